The molecule has 0 atom stereocenters. The summed E-state index contributed by atoms with van der Waals surface area (Å²) in [6.45, 7) is 4.38. The summed E-state index contributed by atoms with van der Waals surface area (Å²) >= 11 is 0. The first-order valence-electron chi connectivity index (χ1n) is 7.23. The molecule has 0 aliphatic heterocycles. The first-order valence-corrected chi connectivity index (χ1v) is 7.23. The summed E-state index contributed by atoms with van der Waals surface area (Å²) in [6.07, 6.45) is 0. The Morgan fingerprint density at radius 3 is 2.74 bits per heavy atom. The van der Waals surface area contributed by atoms with Crippen LogP contribution in [0.25, 0.3) is 0 Å². The standard InChI is InChI=1S/C15H22N6O2/c1-9(2)14-19-13(20-21-14)8-17-15(16)18-11-6-5-10(22-3)7-12(11)23-4/h5-7,9H,8H2,1-4H3,(H3,16,17,18)(H,19,20,21). The van der Waals surface area contributed by atoms with E-state index in [-0.39, 0.29) is 11.9 Å². The van der Waals surface area contributed by atoms with Gasteiger partial charge in [-0.15, -0.1) is 0 Å². The molecular formula is C15H22N6O2. The van der Waals surface area contributed by atoms with Gasteiger partial charge in [0.15, 0.2) is 11.8 Å². The second-order valence-electron chi connectivity index (χ2n) is 5.19. The van der Waals surface area contributed by atoms with Gasteiger partial charge in [0.2, 0.25) is 0 Å². The average molecular weight is 318 g/mol. The first-order chi connectivity index (χ1) is 11.0. The lowest BCUT2D eigenvalue weighted by atomic mass is 10.2. The van der Waals surface area contributed by atoms with Gasteiger partial charge in [0.25, 0.3) is 0 Å². The maximum atomic E-state index is 5.90. The van der Waals surface area contributed by atoms with E-state index in [1.165, 1.54) is 0 Å². The molecule has 0 saturated carbocycles. The van der Waals surface area contributed by atoms with Gasteiger partial charge in [0.05, 0.1) is 19.9 Å². The minimum atomic E-state index is 0.260. The van der Waals surface area contributed by atoms with Gasteiger partial charge in [0.1, 0.15) is 23.9 Å². The average Bonchev–Trinajstić information content (AvgIpc) is 3.02. The largest absolute Gasteiger partial charge is 0.497 e. The number of hydrogen-bond acceptors (Lipinski definition) is 5. The van der Waals surface area contributed by atoms with Crippen LogP contribution in [-0.4, -0.2) is 35.4 Å². The van der Waals surface area contributed by atoms with Gasteiger partial charge < -0.3 is 20.5 Å². The molecule has 8 heteroatoms. The molecule has 1 aromatic heterocycles. The van der Waals surface area contributed by atoms with E-state index in [0.717, 1.165) is 5.82 Å². The number of aromatic nitrogens is 3. The lowest BCUT2D eigenvalue weighted by molar-refractivity contribution is 0.395. The molecule has 0 unspecified atom stereocenters. The van der Waals surface area contributed by atoms with Gasteiger partial charge in [-0.2, -0.15) is 5.10 Å². The van der Waals surface area contributed by atoms with Crippen molar-refractivity contribution < 1.29 is 9.47 Å². The van der Waals surface area contributed by atoms with Gasteiger partial charge in [-0.05, 0) is 12.1 Å². The predicted molar refractivity (Wildman–Crippen MR) is 89.0 cm³/mol. The molecule has 0 amide bonds. The number of nitrogens with zero attached hydrogens (tertiary/aromatic N) is 3. The molecule has 0 bridgehead atoms. The number of rotatable bonds is 6. The number of guanidine groups is 1. The highest BCUT2D eigenvalue weighted by atomic mass is 16.5. The van der Waals surface area contributed by atoms with E-state index in [1.54, 1.807) is 20.3 Å². The van der Waals surface area contributed by atoms with E-state index < -0.39 is 0 Å². The third kappa shape index (κ3) is 4.35. The third-order valence-electron chi connectivity index (χ3n) is 3.14. The summed E-state index contributed by atoms with van der Waals surface area (Å²) in [6, 6.07) is 5.38. The molecule has 0 aliphatic carbocycles. The number of hydrogen-bond donors (Lipinski definition) is 3. The van der Waals surface area contributed by atoms with Gasteiger partial charge in [-0.1, -0.05) is 13.8 Å². The van der Waals surface area contributed by atoms with Crippen molar-refractivity contribution in [2.75, 3.05) is 19.5 Å². The molecule has 0 aliphatic rings. The van der Waals surface area contributed by atoms with Crippen LogP contribution in [0.3, 0.4) is 0 Å². The highest BCUT2D eigenvalue weighted by Gasteiger charge is 2.08. The zero-order chi connectivity index (χ0) is 16.8. The van der Waals surface area contributed by atoms with E-state index >= 15 is 0 Å². The van der Waals surface area contributed by atoms with Crippen molar-refractivity contribution >= 4 is 11.6 Å². The van der Waals surface area contributed by atoms with Crippen LogP contribution in [0.15, 0.2) is 23.2 Å². The molecule has 0 radical (unpaired) electrons. The Labute approximate surface area is 135 Å². The summed E-state index contributed by atoms with van der Waals surface area (Å²) in [5.41, 5.74) is 6.61. The van der Waals surface area contributed by atoms with E-state index in [2.05, 4.69) is 25.5 Å². The van der Waals surface area contributed by atoms with Crippen LogP contribution in [0, 0.1) is 0 Å². The van der Waals surface area contributed by atoms with Gasteiger partial charge in [-0.25, -0.2) is 9.98 Å². The van der Waals surface area contributed by atoms with E-state index in [4.69, 9.17) is 15.2 Å². The number of aliphatic imine (C=N–C) groups is 1. The smallest absolute Gasteiger partial charge is 0.193 e. The number of H-pyrrole nitrogens is 1. The Hall–Kier alpha value is -2.77. The Bertz CT molecular complexity index is 680. The van der Waals surface area contributed by atoms with Crippen LogP contribution in [0.5, 0.6) is 11.5 Å². The zero-order valence-corrected chi connectivity index (χ0v) is 13.8. The van der Waals surface area contributed by atoms with E-state index in [1.807, 2.05) is 26.0 Å². The molecule has 2 aromatic rings. The quantitative estimate of drug-likeness (QED) is 0.554. The number of nitrogens with one attached hydrogen (secondary N) is 2. The van der Waals surface area contributed by atoms with Crippen LogP contribution < -0.4 is 20.5 Å². The summed E-state index contributed by atoms with van der Waals surface area (Å²) < 4.78 is 10.5. The minimum absolute atomic E-state index is 0.260. The number of anilines is 1. The molecule has 23 heavy (non-hydrogen) atoms. The Balaban J connectivity index is 2.04. The Kier molecular flexibility index (Phi) is 5.40. The molecule has 1 aromatic carbocycles. The lowest BCUT2D eigenvalue weighted by Crippen LogP contribution is -2.23. The van der Waals surface area contributed by atoms with Crippen molar-refractivity contribution in [3.63, 3.8) is 0 Å². The van der Waals surface area contributed by atoms with Crippen molar-refractivity contribution in [1.82, 2.24) is 15.2 Å². The van der Waals surface area contributed by atoms with Crippen LogP contribution in [0.1, 0.15) is 31.4 Å². The Morgan fingerprint density at radius 2 is 2.13 bits per heavy atom. The second kappa shape index (κ2) is 7.48. The molecule has 0 saturated heterocycles. The maximum Gasteiger partial charge on any atom is 0.193 e. The summed E-state index contributed by atoms with van der Waals surface area (Å²) in [4.78, 5) is 8.59. The number of ether oxygens (including phenoxy) is 2. The molecule has 8 nitrogen and oxygen atoms in total. The molecule has 124 valence electrons. The molecule has 1 heterocycles. The van der Waals surface area contributed by atoms with Crippen LogP contribution >= 0.6 is 0 Å². The van der Waals surface area contributed by atoms with Crippen molar-refractivity contribution in [3.8, 4) is 11.5 Å². The zero-order valence-electron chi connectivity index (χ0n) is 13.8. The lowest BCUT2D eigenvalue weighted by Gasteiger charge is -2.11. The monoisotopic (exact) mass is 318 g/mol. The highest BCUT2D eigenvalue weighted by Crippen LogP contribution is 2.28. The molecule has 0 spiro atoms. The van der Waals surface area contributed by atoms with Crippen LogP contribution in [-0.2, 0) is 6.54 Å². The fourth-order valence-corrected chi connectivity index (χ4v) is 1.88. The van der Waals surface area contributed by atoms with Crippen molar-refractivity contribution in [2.24, 2.45) is 10.7 Å². The van der Waals surface area contributed by atoms with E-state index in [9.17, 15) is 0 Å². The fraction of sp³-hybridized carbons (Fsp3) is 0.400. The SMILES string of the molecule is COc1ccc(NC(N)=NCc2nc(C(C)C)n[nH]2)c(OC)c1. The summed E-state index contributed by atoms with van der Waals surface area (Å²) in [7, 11) is 3.18. The topological polar surface area (TPSA) is 110 Å². The van der Waals surface area contributed by atoms with Crippen molar-refractivity contribution in [2.45, 2.75) is 26.3 Å². The number of benzene rings is 1. The maximum absolute atomic E-state index is 5.90. The Morgan fingerprint density at radius 1 is 1.35 bits per heavy atom. The number of aromatic amines is 1. The minimum Gasteiger partial charge on any atom is -0.497 e. The van der Waals surface area contributed by atoms with Gasteiger partial charge >= 0.3 is 0 Å². The second-order valence-corrected chi connectivity index (χ2v) is 5.19. The van der Waals surface area contributed by atoms with Gasteiger partial charge in [0, 0.05) is 12.0 Å². The normalized spacial score (nSPS) is 11.6. The fourth-order valence-electron chi connectivity index (χ4n) is 1.88. The summed E-state index contributed by atoms with van der Waals surface area (Å²) in [5.74, 6) is 3.27. The van der Waals surface area contributed by atoms with Crippen LogP contribution in [0.2, 0.25) is 0 Å². The van der Waals surface area contributed by atoms with Crippen molar-refractivity contribution in [3.05, 3.63) is 29.8 Å². The molecular weight excluding hydrogens is 296 g/mol. The molecule has 4 N–H and O–H groups in total. The van der Waals surface area contributed by atoms with E-state index in [0.29, 0.717) is 29.6 Å². The number of methoxy groups -OCH3 is 2. The number of nitrogens with two attached hydrogens (primary N) is 1. The summed E-state index contributed by atoms with van der Waals surface area (Å²) in [5, 5.41) is 9.97. The molecule has 2 rings (SSSR count). The van der Waals surface area contributed by atoms with Crippen LogP contribution in [0.4, 0.5) is 5.69 Å². The predicted octanol–water partition coefficient (Wildman–Crippen LogP) is 1.87. The van der Waals surface area contributed by atoms with Gasteiger partial charge in [-0.3, -0.25) is 5.10 Å². The molecule has 0 fully saturated rings. The third-order valence-corrected chi connectivity index (χ3v) is 3.14. The first kappa shape index (κ1) is 16.6. The highest BCUT2D eigenvalue weighted by molar-refractivity contribution is 5.93. The van der Waals surface area contributed by atoms with Crippen molar-refractivity contribution in [1.29, 1.82) is 0 Å².